The summed E-state index contributed by atoms with van der Waals surface area (Å²) in [6.45, 7) is 8.01. The Bertz CT molecular complexity index is 225. The van der Waals surface area contributed by atoms with Crippen molar-refractivity contribution in [2.75, 3.05) is 40.3 Å². The maximum atomic E-state index is 10.4. The number of aliphatic carboxylic acids is 1. The average molecular weight is 228 g/mol. The highest BCUT2D eigenvalue weighted by molar-refractivity contribution is 5.79. The van der Waals surface area contributed by atoms with Gasteiger partial charge in [-0.1, -0.05) is 19.9 Å². The van der Waals surface area contributed by atoms with E-state index in [1.165, 1.54) is 6.08 Å². The Morgan fingerprint density at radius 2 is 1.94 bits per heavy atom. The molecule has 0 saturated carbocycles. The highest BCUT2D eigenvalue weighted by atomic mass is 16.4. The Morgan fingerprint density at radius 3 is 2.38 bits per heavy atom. The third-order valence-corrected chi connectivity index (χ3v) is 2.11. The van der Waals surface area contributed by atoms with E-state index in [1.807, 2.05) is 14.1 Å². The fourth-order valence-corrected chi connectivity index (χ4v) is 1.42. The van der Waals surface area contributed by atoms with E-state index < -0.39 is 5.97 Å². The Hall–Kier alpha value is -0.870. The third-order valence-electron chi connectivity index (χ3n) is 2.11. The number of hydrogen-bond donors (Lipinski definition) is 1. The first kappa shape index (κ1) is 15.1. The molecule has 4 nitrogen and oxygen atoms in total. The number of rotatable bonds is 8. The lowest BCUT2D eigenvalue weighted by Gasteiger charge is -2.24. The zero-order valence-electron chi connectivity index (χ0n) is 10.8. The highest BCUT2D eigenvalue weighted by Gasteiger charge is 2.06. The van der Waals surface area contributed by atoms with E-state index in [0.29, 0.717) is 12.5 Å². The van der Waals surface area contributed by atoms with Crippen LogP contribution >= 0.6 is 0 Å². The molecule has 0 atom stereocenters. The average Bonchev–Trinajstić information content (AvgIpc) is 2.12. The molecule has 0 fully saturated rings. The van der Waals surface area contributed by atoms with Crippen LogP contribution in [-0.4, -0.2) is 61.2 Å². The maximum absolute atomic E-state index is 10.4. The van der Waals surface area contributed by atoms with Crippen molar-refractivity contribution < 1.29 is 9.90 Å². The van der Waals surface area contributed by atoms with Crippen molar-refractivity contribution in [3.05, 3.63) is 12.2 Å². The molecule has 0 aromatic rings. The molecule has 94 valence electrons. The fraction of sp³-hybridized carbons (Fsp3) is 0.750. The lowest BCUT2D eigenvalue weighted by atomic mass is 10.2. The number of nitrogens with zero attached hydrogens (tertiary/aromatic N) is 2. The summed E-state index contributed by atoms with van der Waals surface area (Å²) in [6.07, 6.45) is 2.92. The van der Waals surface area contributed by atoms with Gasteiger partial charge in [-0.3, -0.25) is 4.90 Å². The van der Waals surface area contributed by atoms with Gasteiger partial charge in [0.2, 0.25) is 0 Å². The van der Waals surface area contributed by atoms with E-state index in [0.717, 1.165) is 19.6 Å². The molecule has 0 spiro atoms. The van der Waals surface area contributed by atoms with Crippen LogP contribution in [0.5, 0.6) is 0 Å². The van der Waals surface area contributed by atoms with Gasteiger partial charge in [-0.05, 0) is 20.0 Å². The van der Waals surface area contributed by atoms with E-state index in [2.05, 4.69) is 23.6 Å². The zero-order chi connectivity index (χ0) is 12.6. The fourth-order valence-electron chi connectivity index (χ4n) is 1.42. The Labute approximate surface area is 98.5 Å². The van der Waals surface area contributed by atoms with Crippen molar-refractivity contribution in [1.29, 1.82) is 0 Å². The number of likely N-dealkylation sites (N-methyl/N-ethyl adjacent to an activating group) is 1. The molecular weight excluding hydrogens is 204 g/mol. The largest absolute Gasteiger partial charge is 0.478 e. The Kier molecular flexibility index (Phi) is 7.85. The van der Waals surface area contributed by atoms with Crippen LogP contribution in [0, 0.1) is 5.92 Å². The van der Waals surface area contributed by atoms with E-state index >= 15 is 0 Å². The van der Waals surface area contributed by atoms with Crippen molar-refractivity contribution in [2.24, 2.45) is 5.92 Å². The second-order valence-corrected chi connectivity index (χ2v) is 4.70. The summed E-state index contributed by atoms with van der Waals surface area (Å²) in [6, 6.07) is 0. The van der Waals surface area contributed by atoms with Crippen LogP contribution in [-0.2, 0) is 4.79 Å². The van der Waals surface area contributed by atoms with Crippen molar-refractivity contribution in [1.82, 2.24) is 9.80 Å². The summed E-state index contributed by atoms with van der Waals surface area (Å²) in [5.41, 5.74) is 0. The van der Waals surface area contributed by atoms with Gasteiger partial charge in [-0.15, -0.1) is 0 Å². The van der Waals surface area contributed by atoms with Gasteiger partial charge < -0.3 is 10.0 Å². The summed E-state index contributed by atoms with van der Waals surface area (Å²) in [5.74, 6) is -0.280. The zero-order valence-corrected chi connectivity index (χ0v) is 10.8. The SMILES string of the molecule is CC(C)CN(CC=CC(=O)O)CCN(C)C. The lowest BCUT2D eigenvalue weighted by molar-refractivity contribution is -0.131. The molecule has 0 amide bonds. The second kappa shape index (κ2) is 8.30. The first-order valence-electron chi connectivity index (χ1n) is 5.68. The Morgan fingerprint density at radius 1 is 1.31 bits per heavy atom. The first-order chi connectivity index (χ1) is 7.41. The maximum Gasteiger partial charge on any atom is 0.328 e. The number of carboxylic acid groups (broad SMARTS) is 1. The van der Waals surface area contributed by atoms with Crippen LogP contribution in [0.25, 0.3) is 0 Å². The summed E-state index contributed by atoms with van der Waals surface area (Å²) in [7, 11) is 4.08. The number of hydrogen-bond acceptors (Lipinski definition) is 3. The van der Waals surface area contributed by atoms with Crippen LogP contribution < -0.4 is 0 Å². The van der Waals surface area contributed by atoms with Crippen molar-refractivity contribution in [3.63, 3.8) is 0 Å². The van der Waals surface area contributed by atoms with Gasteiger partial charge in [0.05, 0.1) is 0 Å². The molecule has 0 aromatic carbocycles. The summed E-state index contributed by atoms with van der Waals surface area (Å²) in [4.78, 5) is 14.8. The number of carboxylic acids is 1. The molecule has 0 bridgehead atoms. The first-order valence-corrected chi connectivity index (χ1v) is 5.68. The molecule has 0 aliphatic carbocycles. The predicted molar refractivity (Wildman–Crippen MR) is 66.6 cm³/mol. The van der Waals surface area contributed by atoms with Crippen LogP contribution in [0.2, 0.25) is 0 Å². The smallest absolute Gasteiger partial charge is 0.328 e. The molecule has 0 unspecified atom stereocenters. The van der Waals surface area contributed by atoms with Gasteiger partial charge in [0.15, 0.2) is 0 Å². The standard InChI is InChI=1S/C12H24N2O2/c1-11(2)10-14(9-8-13(3)4)7-5-6-12(15)16/h5-6,11H,7-10H2,1-4H3,(H,15,16). The van der Waals surface area contributed by atoms with Crippen molar-refractivity contribution in [2.45, 2.75) is 13.8 Å². The van der Waals surface area contributed by atoms with Gasteiger partial charge >= 0.3 is 5.97 Å². The molecule has 0 aliphatic heterocycles. The van der Waals surface area contributed by atoms with E-state index in [9.17, 15) is 4.79 Å². The van der Waals surface area contributed by atoms with Gasteiger partial charge in [0, 0.05) is 32.3 Å². The van der Waals surface area contributed by atoms with E-state index in [1.54, 1.807) is 6.08 Å². The summed E-state index contributed by atoms with van der Waals surface area (Å²) < 4.78 is 0. The minimum atomic E-state index is -0.878. The molecule has 0 aromatic heterocycles. The predicted octanol–water partition coefficient (Wildman–Crippen LogP) is 1.15. The molecule has 0 rings (SSSR count). The summed E-state index contributed by atoms with van der Waals surface area (Å²) in [5, 5.41) is 8.51. The van der Waals surface area contributed by atoms with Gasteiger partial charge in [0.25, 0.3) is 0 Å². The quantitative estimate of drug-likeness (QED) is 0.633. The van der Waals surface area contributed by atoms with Gasteiger partial charge in [-0.2, -0.15) is 0 Å². The second-order valence-electron chi connectivity index (χ2n) is 4.70. The molecule has 0 saturated heterocycles. The molecule has 4 heteroatoms. The minimum absolute atomic E-state index is 0.598. The van der Waals surface area contributed by atoms with Gasteiger partial charge in [0.1, 0.15) is 0 Å². The molecular formula is C12H24N2O2. The summed E-state index contributed by atoms with van der Waals surface area (Å²) >= 11 is 0. The molecule has 1 N–H and O–H groups in total. The van der Waals surface area contributed by atoms with Crippen molar-refractivity contribution >= 4 is 5.97 Å². The third kappa shape index (κ3) is 9.68. The van der Waals surface area contributed by atoms with Crippen LogP contribution in [0.3, 0.4) is 0 Å². The molecule has 0 radical (unpaired) electrons. The topological polar surface area (TPSA) is 43.8 Å². The highest BCUT2D eigenvalue weighted by Crippen LogP contribution is 1.99. The van der Waals surface area contributed by atoms with E-state index in [4.69, 9.17) is 5.11 Å². The Balaban J connectivity index is 4.04. The van der Waals surface area contributed by atoms with Crippen LogP contribution in [0.1, 0.15) is 13.8 Å². The number of carbonyl (C=O) groups is 1. The lowest BCUT2D eigenvalue weighted by Crippen LogP contribution is -2.34. The van der Waals surface area contributed by atoms with Crippen LogP contribution in [0.4, 0.5) is 0 Å². The molecule has 16 heavy (non-hydrogen) atoms. The van der Waals surface area contributed by atoms with E-state index in [-0.39, 0.29) is 0 Å². The molecule has 0 heterocycles. The van der Waals surface area contributed by atoms with Crippen molar-refractivity contribution in [3.8, 4) is 0 Å². The normalized spacial score (nSPS) is 12.2. The monoisotopic (exact) mass is 228 g/mol. The molecule has 0 aliphatic rings. The van der Waals surface area contributed by atoms with Gasteiger partial charge in [-0.25, -0.2) is 4.79 Å². The minimum Gasteiger partial charge on any atom is -0.478 e. The van der Waals surface area contributed by atoms with Crippen LogP contribution in [0.15, 0.2) is 12.2 Å².